The van der Waals surface area contributed by atoms with Crippen molar-refractivity contribution in [2.45, 2.75) is 12.8 Å². The molecule has 1 atom stereocenters. The van der Waals surface area contributed by atoms with Gasteiger partial charge < -0.3 is 10.8 Å². The molecule has 0 aliphatic heterocycles. The maximum absolute atomic E-state index is 10.5. The third kappa shape index (κ3) is 1.69. The molecule has 5 nitrogen and oxygen atoms in total. The summed E-state index contributed by atoms with van der Waals surface area (Å²) in [4.78, 5) is 17.9. The predicted molar refractivity (Wildman–Crippen MR) is 42.5 cm³/mol. The zero-order valence-corrected chi connectivity index (χ0v) is 6.56. The molecule has 5 heteroatoms. The van der Waals surface area contributed by atoms with Crippen LogP contribution in [0.5, 0.6) is 0 Å². The van der Waals surface area contributed by atoms with E-state index < -0.39 is 11.9 Å². The van der Waals surface area contributed by atoms with E-state index in [1.54, 1.807) is 6.92 Å². The van der Waals surface area contributed by atoms with Gasteiger partial charge in [0.15, 0.2) is 0 Å². The minimum atomic E-state index is -0.923. The Kier molecular flexibility index (Phi) is 2.23. The Labute approximate surface area is 69.3 Å². The zero-order chi connectivity index (χ0) is 9.14. The highest BCUT2D eigenvalue weighted by atomic mass is 16.4. The van der Waals surface area contributed by atoms with Crippen molar-refractivity contribution in [3.8, 4) is 0 Å². The van der Waals surface area contributed by atoms with Crippen molar-refractivity contribution >= 4 is 11.9 Å². The molecule has 3 N–H and O–H groups in total. The van der Waals surface area contributed by atoms with Gasteiger partial charge in [0.25, 0.3) is 0 Å². The molecule has 12 heavy (non-hydrogen) atoms. The lowest BCUT2D eigenvalue weighted by atomic mass is 10.1. The lowest BCUT2D eigenvalue weighted by Gasteiger charge is -2.04. The van der Waals surface area contributed by atoms with Gasteiger partial charge in [-0.05, 0) is 13.0 Å². The Balaban J connectivity index is 2.95. The molecular weight excluding hydrogens is 158 g/mol. The van der Waals surface area contributed by atoms with Crippen LogP contribution in [-0.2, 0) is 4.79 Å². The second-order valence-corrected chi connectivity index (χ2v) is 2.40. The number of nitrogen functional groups attached to an aromatic ring is 1. The van der Waals surface area contributed by atoms with Gasteiger partial charge >= 0.3 is 5.97 Å². The molecule has 1 heterocycles. The number of carboxylic acids is 1. The minimum absolute atomic E-state index is 0.0978. The number of hydrogen-bond donors (Lipinski definition) is 2. The van der Waals surface area contributed by atoms with Crippen molar-refractivity contribution in [2.24, 2.45) is 0 Å². The summed E-state index contributed by atoms with van der Waals surface area (Å²) in [6, 6.07) is 1.54. The second-order valence-electron chi connectivity index (χ2n) is 2.40. The van der Waals surface area contributed by atoms with Crippen LogP contribution in [0, 0.1) is 0 Å². The first-order valence-corrected chi connectivity index (χ1v) is 3.42. The van der Waals surface area contributed by atoms with Crippen molar-refractivity contribution in [1.82, 2.24) is 9.97 Å². The van der Waals surface area contributed by atoms with E-state index in [4.69, 9.17) is 10.8 Å². The van der Waals surface area contributed by atoms with E-state index >= 15 is 0 Å². The van der Waals surface area contributed by atoms with Crippen molar-refractivity contribution in [1.29, 1.82) is 0 Å². The molecule has 0 spiro atoms. The average Bonchev–Trinajstić information content (AvgIpc) is 2.03. The van der Waals surface area contributed by atoms with Gasteiger partial charge in [0, 0.05) is 6.20 Å². The summed E-state index contributed by atoms with van der Waals surface area (Å²) in [5.74, 6) is -1.47. The highest BCUT2D eigenvalue weighted by molar-refractivity contribution is 5.74. The Morgan fingerprint density at radius 1 is 1.75 bits per heavy atom. The van der Waals surface area contributed by atoms with Crippen LogP contribution in [0.4, 0.5) is 5.95 Å². The van der Waals surface area contributed by atoms with E-state index in [1.165, 1.54) is 12.3 Å². The van der Waals surface area contributed by atoms with Gasteiger partial charge in [0.05, 0.1) is 11.6 Å². The molecule has 64 valence electrons. The van der Waals surface area contributed by atoms with Crippen LogP contribution in [0.1, 0.15) is 18.5 Å². The van der Waals surface area contributed by atoms with Crippen LogP contribution in [-0.4, -0.2) is 21.0 Å². The topological polar surface area (TPSA) is 89.1 Å². The number of aromatic nitrogens is 2. The van der Waals surface area contributed by atoms with Gasteiger partial charge in [0.1, 0.15) is 0 Å². The Morgan fingerprint density at radius 3 is 2.92 bits per heavy atom. The van der Waals surface area contributed by atoms with Gasteiger partial charge in [-0.3, -0.25) is 4.79 Å². The smallest absolute Gasteiger partial charge is 0.312 e. The van der Waals surface area contributed by atoms with Crippen LogP contribution in [0.15, 0.2) is 12.3 Å². The van der Waals surface area contributed by atoms with Crippen molar-refractivity contribution < 1.29 is 9.90 Å². The van der Waals surface area contributed by atoms with Crippen LogP contribution in [0.3, 0.4) is 0 Å². The fourth-order valence-corrected chi connectivity index (χ4v) is 0.756. The van der Waals surface area contributed by atoms with E-state index in [-0.39, 0.29) is 5.95 Å². The summed E-state index contributed by atoms with van der Waals surface area (Å²) in [5, 5.41) is 8.63. The predicted octanol–water partition coefficient (Wildman–Crippen LogP) is 0.247. The molecule has 0 radical (unpaired) electrons. The fraction of sp³-hybridized carbons (Fsp3) is 0.286. The van der Waals surface area contributed by atoms with Crippen molar-refractivity contribution in [3.63, 3.8) is 0 Å². The van der Waals surface area contributed by atoms with Gasteiger partial charge in [0.2, 0.25) is 5.95 Å². The molecule has 1 aromatic heterocycles. The van der Waals surface area contributed by atoms with Crippen molar-refractivity contribution in [3.05, 3.63) is 18.0 Å². The van der Waals surface area contributed by atoms with Gasteiger partial charge in [-0.2, -0.15) is 0 Å². The summed E-state index contributed by atoms with van der Waals surface area (Å²) in [6.45, 7) is 1.55. The van der Waals surface area contributed by atoms with Gasteiger partial charge in [-0.25, -0.2) is 9.97 Å². The number of nitrogens with two attached hydrogens (primary N) is 1. The lowest BCUT2D eigenvalue weighted by Crippen LogP contribution is -2.10. The second kappa shape index (κ2) is 3.17. The third-order valence-corrected chi connectivity index (χ3v) is 1.51. The molecule has 0 fully saturated rings. The van der Waals surface area contributed by atoms with E-state index in [0.717, 1.165) is 0 Å². The molecule has 1 rings (SSSR count). The molecule has 0 aromatic carbocycles. The Bertz CT molecular complexity index is 300. The van der Waals surface area contributed by atoms with Crippen LogP contribution in [0.25, 0.3) is 0 Å². The van der Waals surface area contributed by atoms with Crippen LogP contribution >= 0.6 is 0 Å². The number of carboxylic acid groups (broad SMARTS) is 1. The van der Waals surface area contributed by atoms with Gasteiger partial charge in [-0.15, -0.1) is 0 Å². The standard InChI is InChI=1S/C7H9N3O2/c1-4(6(11)12)5-2-3-9-7(8)10-5/h2-4H,1H3,(H,11,12)(H2,8,9,10). The number of nitrogens with zero attached hydrogens (tertiary/aromatic N) is 2. The first-order chi connectivity index (χ1) is 5.61. The van der Waals surface area contributed by atoms with Gasteiger partial charge in [-0.1, -0.05) is 0 Å². The highest BCUT2D eigenvalue weighted by Gasteiger charge is 2.14. The summed E-state index contributed by atoms with van der Waals surface area (Å²) in [7, 11) is 0. The molecular formula is C7H9N3O2. The average molecular weight is 167 g/mol. The first-order valence-electron chi connectivity index (χ1n) is 3.42. The zero-order valence-electron chi connectivity index (χ0n) is 6.56. The Hall–Kier alpha value is -1.65. The first kappa shape index (κ1) is 8.45. The van der Waals surface area contributed by atoms with Crippen LogP contribution < -0.4 is 5.73 Å². The quantitative estimate of drug-likeness (QED) is 0.658. The summed E-state index contributed by atoms with van der Waals surface area (Å²) in [6.07, 6.45) is 1.44. The molecule has 0 bridgehead atoms. The van der Waals surface area contributed by atoms with E-state index in [9.17, 15) is 4.79 Å². The fourth-order valence-electron chi connectivity index (χ4n) is 0.756. The molecule has 0 saturated carbocycles. The maximum Gasteiger partial charge on any atom is 0.312 e. The monoisotopic (exact) mass is 167 g/mol. The minimum Gasteiger partial charge on any atom is -0.481 e. The largest absolute Gasteiger partial charge is 0.481 e. The number of anilines is 1. The number of hydrogen-bond acceptors (Lipinski definition) is 4. The molecule has 1 unspecified atom stereocenters. The number of rotatable bonds is 2. The van der Waals surface area contributed by atoms with Crippen LogP contribution in [0.2, 0.25) is 0 Å². The number of carbonyl (C=O) groups is 1. The summed E-state index contributed by atoms with van der Waals surface area (Å²) >= 11 is 0. The Morgan fingerprint density at radius 2 is 2.42 bits per heavy atom. The summed E-state index contributed by atoms with van der Waals surface area (Å²) in [5.41, 5.74) is 5.71. The third-order valence-electron chi connectivity index (χ3n) is 1.51. The molecule has 0 saturated heterocycles. The normalized spacial score (nSPS) is 12.4. The molecule has 0 aliphatic rings. The number of aliphatic carboxylic acids is 1. The summed E-state index contributed by atoms with van der Waals surface area (Å²) < 4.78 is 0. The van der Waals surface area contributed by atoms with E-state index in [1.807, 2.05) is 0 Å². The SMILES string of the molecule is CC(C(=O)O)c1ccnc(N)n1. The lowest BCUT2D eigenvalue weighted by molar-refractivity contribution is -0.138. The molecule has 0 aliphatic carbocycles. The molecule has 1 aromatic rings. The van der Waals surface area contributed by atoms with E-state index in [0.29, 0.717) is 5.69 Å². The molecule has 0 amide bonds. The van der Waals surface area contributed by atoms with E-state index in [2.05, 4.69) is 9.97 Å². The highest BCUT2D eigenvalue weighted by Crippen LogP contribution is 2.11. The maximum atomic E-state index is 10.5. The van der Waals surface area contributed by atoms with Crippen molar-refractivity contribution in [2.75, 3.05) is 5.73 Å².